The highest BCUT2D eigenvalue weighted by atomic mass is 16.5. The lowest BCUT2D eigenvalue weighted by atomic mass is 9.86. The second-order valence-electron chi connectivity index (χ2n) is 8.07. The number of aromatic nitrogens is 4. The highest BCUT2D eigenvalue weighted by molar-refractivity contribution is 5.95. The van der Waals surface area contributed by atoms with Gasteiger partial charge in [0.15, 0.2) is 11.6 Å². The SMILES string of the molecule is C#CCOc1ccc(C2CC(=O)Nc3c2c(C)nn3-c2ccc(N3CCCC3)nn2)cc1. The van der Waals surface area contributed by atoms with Crippen LogP contribution in [0, 0.1) is 19.3 Å². The molecule has 1 atom stereocenters. The third-order valence-electron chi connectivity index (χ3n) is 5.99. The van der Waals surface area contributed by atoms with Crippen molar-refractivity contribution in [3.05, 3.63) is 53.2 Å². The minimum atomic E-state index is -0.106. The normalized spacial score (nSPS) is 17.6. The molecule has 0 radical (unpaired) electrons. The monoisotopic (exact) mass is 428 g/mol. The number of nitrogens with zero attached hydrogens (tertiary/aromatic N) is 5. The molecule has 2 aromatic heterocycles. The molecule has 162 valence electrons. The van der Waals surface area contributed by atoms with Gasteiger partial charge in [-0.25, -0.2) is 0 Å². The van der Waals surface area contributed by atoms with Crippen LogP contribution in [0.4, 0.5) is 11.6 Å². The summed E-state index contributed by atoms with van der Waals surface area (Å²) in [6, 6.07) is 11.6. The Labute approximate surface area is 186 Å². The number of aryl methyl sites for hydroxylation is 1. The molecule has 0 saturated carbocycles. The molecule has 1 aromatic carbocycles. The van der Waals surface area contributed by atoms with E-state index in [1.807, 2.05) is 43.3 Å². The van der Waals surface area contributed by atoms with E-state index in [2.05, 4.69) is 26.3 Å². The van der Waals surface area contributed by atoms with Gasteiger partial charge in [0.1, 0.15) is 18.2 Å². The molecular weight excluding hydrogens is 404 g/mol. The molecule has 0 aliphatic carbocycles. The summed E-state index contributed by atoms with van der Waals surface area (Å²) in [5, 5.41) is 16.5. The summed E-state index contributed by atoms with van der Waals surface area (Å²) in [5.41, 5.74) is 2.86. The van der Waals surface area contributed by atoms with Crippen LogP contribution in [-0.2, 0) is 4.79 Å². The Hall–Kier alpha value is -3.86. The predicted octanol–water partition coefficient (Wildman–Crippen LogP) is 3.06. The second-order valence-corrected chi connectivity index (χ2v) is 8.07. The van der Waals surface area contributed by atoms with E-state index < -0.39 is 0 Å². The molecule has 1 unspecified atom stereocenters. The van der Waals surface area contributed by atoms with Gasteiger partial charge in [0, 0.05) is 31.0 Å². The first-order valence-electron chi connectivity index (χ1n) is 10.8. The third-order valence-corrected chi connectivity index (χ3v) is 5.99. The van der Waals surface area contributed by atoms with Gasteiger partial charge in [-0.15, -0.1) is 16.6 Å². The first-order chi connectivity index (χ1) is 15.6. The van der Waals surface area contributed by atoms with Gasteiger partial charge in [-0.3, -0.25) is 4.79 Å². The maximum atomic E-state index is 12.6. The van der Waals surface area contributed by atoms with Crippen LogP contribution in [0.2, 0.25) is 0 Å². The van der Waals surface area contributed by atoms with Crippen molar-refractivity contribution in [3.8, 4) is 23.9 Å². The molecule has 0 bridgehead atoms. The zero-order chi connectivity index (χ0) is 22.1. The molecule has 1 N–H and O–H groups in total. The van der Waals surface area contributed by atoms with E-state index in [1.54, 1.807) is 4.68 Å². The summed E-state index contributed by atoms with van der Waals surface area (Å²) in [4.78, 5) is 14.8. The highest BCUT2D eigenvalue weighted by Crippen LogP contribution is 2.40. The topological polar surface area (TPSA) is 85.2 Å². The number of nitrogens with one attached hydrogen (secondary N) is 1. The summed E-state index contributed by atoms with van der Waals surface area (Å²) < 4.78 is 7.15. The number of anilines is 2. The summed E-state index contributed by atoms with van der Waals surface area (Å²) in [7, 11) is 0. The van der Waals surface area contributed by atoms with Crippen molar-refractivity contribution in [1.82, 2.24) is 20.0 Å². The van der Waals surface area contributed by atoms with E-state index in [1.165, 1.54) is 12.8 Å². The fourth-order valence-corrected chi connectivity index (χ4v) is 4.47. The number of carbonyl (C=O) groups is 1. The molecule has 1 amide bonds. The first-order valence-corrected chi connectivity index (χ1v) is 10.8. The summed E-state index contributed by atoms with van der Waals surface area (Å²) in [5.74, 6) is 5.10. The van der Waals surface area contributed by atoms with Crippen molar-refractivity contribution < 1.29 is 9.53 Å². The summed E-state index contributed by atoms with van der Waals surface area (Å²) in [6.07, 6.45) is 7.97. The van der Waals surface area contributed by atoms with Crippen molar-refractivity contribution >= 4 is 17.5 Å². The van der Waals surface area contributed by atoms with Crippen molar-refractivity contribution in [2.75, 3.05) is 29.9 Å². The molecule has 3 aromatic rings. The quantitative estimate of drug-likeness (QED) is 0.629. The van der Waals surface area contributed by atoms with Gasteiger partial charge in [0.25, 0.3) is 0 Å². The van der Waals surface area contributed by atoms with E-state index in [-0.39, 0.29) is 18.4 Å². The van der Waals surface area contributed by atoms with E-state index in [0.29, 0.717) is 23.8 Å². The van der Waals surface area contributed by atoms with E-state index in [9.17, 15) is 4.79 Å². The average molecular weight is 428 g/mol. The van der Waals surface area contributed by atoms with Gasteiger partial charge in [0.2, 0.25) is 5.91 Å². The predicted molar refractivity (Wildman–Crippen MR) is 121 cm³/mol. The summed E-state index contributed by atoms with van der Waals surface area (Å²) >= 11 is 0. The number of ether oxygens (including phenoxy) is 1. The number of terminal acetylenes is 1. The molecule has 2 aliphatic rings. The lowest BCUT2D eigenvalue weighted by Crippen LogP contribution is -2.25. The Balaban J connectivity index is 1.47. The minimum Gasteiger partial charge on any atom is -0.481 e. The zero-order valence-corrected chi connectivity index (χ0v) is 17.9. The zero-order valence-electron chi connectivity index (χ0n) is 17.9. The van der Waals surface area contributed by atoms with Crippen LogP contribution in [0.25, 0.3) is 5.82 Å². The second kappa shape index (κ2) is 8.35. The maximum Gasteiger partial charge on any atom is 0.226 e. The fourth-order valence-electron chi connectivity index (χ4n) is 4.47. The molecule has 4 heterocycles. The molecule has 8 heteroatoms. The number of carbonyl (C=O) groups excluding carboxylic acids is 1. The highest BCUT2D eigenvalue weighted by Gasteiger charge is 2.33. The number of fused-ring (bicyclic) bond motifs is 1. The van der Waals surface area contributed by atoms with Crippen LogP contribution in [0.5, 0.6) is 5.75 Å². The van der Waals surface area contributed by atoms with Crippen molar-refractivity contribution in [2.45, 2.75) is 32.1 Å². The van der Waals surface area contributed by atoms with Crippen LogP contribution in [-0.4, -0.2) is 45.6 Å². The lowest BCUT2D eigenvalue weighted by Gasteiger charge is -2.24. The molecule has 5 rings (SSSR count). The number of rotatable bonds is 5. The Kier molecular flexibility index (Phi) is 5.23. The Morgan fingerprint density at radius 3 is 2.53 bits per heavy atom. The van der Waals surface area contributed by atoms with Gasteiger partial charge in [-0.1, -0.05) is 18.1 Å². The number of hydrogen-bond donors (Lipinski definition) is 1. The average Bonchev–Trinajstić information content (AvgIpc) is 3.46. The maximum absolute atomic E-state index is 12.6. The first kappa shape index (κ1) is 20.1. The number of benzene rings is 1. The molecule has 0 spiro atoms. The van der Waals surface area contributed by atoms with Gasteiger partial charge in [0.05, 0.1) is 5.69 Å². The van der Waals surface area contributed by atoms with E-state index in [4.69, 9.17) is 16.3 Å². The number of hydrogen-bond acceptors (Lipinski definition) is 6. The lowest BCUT2D eigenvalue weighted by molar-refractivity contribution is -0.116. The van der Waals surface area contributed by atoms with E-state index >= 15 is 0 Å². The van der Waals surface area contributed by atoms with Crippen LogP contribution in [0.1, 0.15) is 42.0 Å². The van der Waals surface area contributed by atoms with Crippen LogP contribution < -0.4 is 15.0 Å². The van der Waals surface area contributed by atoms with Crippen molar-refractivity contribution in [3.63, 3.8) is 0 Å². The molecule has 2 aliphatic heterocycles. The smallest absolute Gasteiger partial charge is 0.226 e. The molecule has 32 heavy (non-hydrogen) atoms. The minimum absolute atomic E-state index is 0.0574. The largest absolute Gasteiger partial charge is 0.481 e. The Morgan fingerprint density at radius 2 is 1.84 bits per heavy atom. The van der Waals surface area contributed by atoms with Gasteiger partial charge in [-0.05, 0) is 49.6 Å². The standard InChI is InChI=1S/C24H24N6O2/c1-3-14-32-18-8-6-17(7-9-18)19-15-22(31)25-24-23(19)16(2)28-30(24)21-11-10-20(26-27-21)29-12-4-5-13-29/h1,6-11,19H,4-5,12-15H2,2H3,(H,25,31). The summed E-state index contributed by atoms with van der Waals surface area (Å²) in [6.45, 7) is 4.19. The molecule has 1 saturated heterocycles. The van der Waals surface area contributed by atoms with Crippen molar-refractivity contribution in [2.24, 2.45) is 0 Å². The van der Waals surface area contributed by atoms with Gasteiger partial charge < -0.3 is 15.0 Å². The third kappa shape index (κ3) is 3.66. The van der Waals surface area contributed by atoms with Crippen molar-refractivity contribution in [1.29, 1.82) is 0 Å². The molecular formula is C24H24N6O2. The fraction of sp³-hybridized carbons (Fsp3) is 0.333. The van der Waals surface area contributed by atoms with Crippen LogP contribution >= 0.6 is 0 Å². The Morgan fingerprint density at radius 1 is 1.12 bits per heavy atom. The molecule has 1 fully saturated rings. The van der Waals surface area contributed by atoms with Crippen LogP contribution in [0.15, 0.2) is 36.4 Å². The van der Waals surface area contributed by atoms with Gasteiger partial charge in [-0.2, -0.15) is 9.78 Å². The van der Waals surface area contributed by atoms with Crippen LogP contribution in [0.3, 0.4) is 0 Å². The Bertz CT molecular complexity index is 1170. The molecule has 8 nitrogen and oxygen atoms in total. The van der Waals surface area contributed by atoms with E-state index in [0.717, 1.165) is 35.7 Å². The number of amides is 1. The van der Waals surface area contributed by atoms with Gasteiger partial charge >= 0.3 is 0 Å².